The molecule has 20 heavy (non-hydrogen) atoms. The second kappa shape index (κ2) is 6.26. The summed E-state index contributed by atoms with van der Waals surface area (Å²) >= 11 is 2.14. The van der Waals surface area contributed by atoms with Crippen molar-refractivity contribution in [1.82, 2.24) is 0 Å². The maximum Gasteiger partial charge on any atom is 0.335 e. The fraction of sp³-hybridized carbons (Fsp3) is 0.188. The second-order valence-electron chi connectivity index (χ2n) is 4.61. The van der Waals surface area contributed by atoms with E-state index in [0.717, 1.165) is 9.13 Å². The van der Waals surface area contributed by atoms with E-state index in [2.05, 4.69) is 22.6 Å². The highest BCUT2D eigenvalue weighted by Crippen LogP contribution is 2.24. The molecule has 0 heterocycles. The van der Waals surface area contributed by atoms with E-state index in [1.165, 1.54) is 11.1 Å². The summed E-state index contributed by atoms with van der Waals surface area (Å²) in [5, 5.41) is 9.02. The van der Waals surface area contributed by atoms with E-state index in [1.54, 1.807) is 18.2 Å². The molecule has 0 saturated heterocycles. The van der Waals surface area contributed by atoms with E-state index < -0.39 is 5.97 Å². The van der Waals surface area contributed by atoms with Gasteiger partial charge in [-0.05, 0) is 71.3 Å². The Morgan fingerprint density at radius 3 is 2.45 bits per heavy atom. The molecule has 0 atom stereocenters. The van der Waals surface area contributed by atoms with Crippen molar-refractivity contribution in [2.75, 3.05) is 0 Å². The summed E-state index contributed by atoms with van der Waals surface area (Å²) in [4.78, 5) is 11.0. The first-order valence-corrected chi connectivity index (χ1v) is 7.27. The van der Waals surface area contributed by atoms with E-state index in [4.69, 9.17) is 9.84 Å². The Balaban J connectivity index is 2.23. The number of hydrogen-bond donors (Lipinski definition) is 1. The maximum atomic E-state index is 11.0. The molecule has 0 aliphatic rings. The van der Waals surface area contributed by atoms with E-state index in [1.807, 2.05) is 32.0 Å². The standard InChI is InChI=1S/C16H15IO3/c1-10-4-3-5-11(2)13(10)9-20-15-8-12(16(18)19)6-7-14(15)17/h3-8H,9H2,1-2H3,(H,18,19). The van der Waals surface area contributed by atoms with Gasteiger partial charge in [-0.1, -0.05) is 18.2 Å². The van der Waals surface area contributed by atoms with Gasteiger partial charge in [0.1, 0.15) is 12.4 Å². The van der Waals surface area contributed by atoms with Crippen LogP contribution < -0.4 is 4.74 Å². The molecule has 0 aliphatic heterocycles. The predicted octanol–water partition coefficient (Wildman–Crippen LogP) is 4.19. The predicted molar refractivity (Wildman–Crippen MR) is 86.4 cm³/mol. The lowest BCUT2D eigenvalue weighted by molar-refractivity contribution is 0.0696. The van der Waals surface area contributed by atoms with Crippen LogP contribution in [0, 0.1) is 17.4 Å². The van der Waals surface area contributed by atoms with Crippen molar-refractivity contribution < 1.29 is 14.6 Å². The molecule has 4 heteroatoms. The molecular formula is C16H15IO3. The SMILES string of the molecule is Cc1cccc(C)c1COc1cc(C(=O)O)ccc1I. The molecule has 3 nitrogen and oxygen atoms in total. The highest BCUT2D eigenvalue weighted by atomic mass is 127. The highest BCUT2D eigenvalue weighted by molar-refractivity contribution is 14.1. The zero-order valence-corrected chi connectivity index (χ0v) is 13.5. The molecule has 1 N–H and O–H groups in total. The number of benzene rings is 2. The summed E-state index contributed by atoms with van der Waals surface area (Å²) in [6.45, 7) is 4.53. The normalized spacial score (nSPS) is 10.3. The number of aromatic carboxylic acids is 1. The van der Waals surface area contributed by atoms with Crippen LogP contribution in [0.15, 0.2) is 36.4 Å². The number of carbonyl (C=O) groups is 1. The molecule has 0 unspecified atom stereocenters. The van der Waals surface area contributed by atoms with E-state index in [0.29, 0.717) is 12.4 Å². The van der Waals surface area contributed by atoms with Gasteiger partial charge < -0.3 is 9.84 Å². The fourth-order valence-electron chi connectivity index (χ4n) is 1.97. The van der Waals surface area contributed by atoms with Gasteiger partial charge in [-0.2, -0.15) is 0 Å². The molecule has 2 aromatic carbocycles. The second-order valence-corrected chi connectivity index (χ2v) is 5.77. The van der Waals surface area contributed by atoms with Gasteiger partial charge in [-0.15, -0.1) is 0 Å². The Bertz CT molecular complexity index is 630. The van der Waals surface area contributed by atoms with Gasteiger partial charge in [0, 0.05) is 0 Å². The zero-order chi connectivity index (χ0) is 14.7. The van der Waals surface area contributed by atoms with Gasteiger partial charge in [0.25, 0.3) is 0 Å². The van der Waals surface area contributed by atoms with Gasteiger partial charge in [0.2, 0.25) is 0 Å². The minimum atomic E-state index is -0.946. The third-order valence-electron chi connectivity index (χ3n) is 3.19. The summed E-state index contributed by atoms with van der Waals surface area (Å²) in [5.74, 6) is -0.341. The van der Waals surface area contributed by atoms with Crippen molar-refractivity contribution in [3.8, 4) is 5.75 Å². The van der Waals surface area contributed by atoms with Crippen LogP contribution in [0.4, 0.5) is 0 Å². The number of ether oxygens (including phenoxy) is 1. The van der Waals surface area contributed by atoms with Crippen molar-refractivity contribution >= 4 is 28.6 Å². The monoisotopic (exact) mass is 382 g/mol. The van der Waals surface area contributed by atoms with Crippen molar-refractivity contribution in [2.45, 2.75) is 20.5 Å². The fourth-order valence-corrected chi connectivity index (χ4v) is 2.46. The third-order valence-corrected chi connectivity index (χ3v) is 4.09. The molecule has 2 aromatic rings. The Labute approximate surface area is 131 Å². The average Bonchev–Trinajstić information content (AvgIpc) is 2.39. The lowest BCUT2D eigenvalue weighted by Crippen LogP contribution is -2.03. The molecule has 0 saturated carbocycles. The lowest BCUT2D eigenvalue weighted by Gasteiger charge is -2.13. The summed E-state index contributed by atoms with van der Waals surface area (Å²) in [7, 11) is 0. The number of aryl methyl sites for hydroxylation is 2. The van der Waals surface area contributed by atoms with Crippen molar-refractivity contribution in [3.05, 3.63) is 62.2 Å². The van der Waals surface area contributed by atoms with Crippen LogP contribution in [0.1, 0.15) is 27.0 Å². The van der Waals surface area contributed by atoms with Gasteiger partial charge >= 0.3 is 5.97 Å². The molecule has 0 bridgehead atoms. The molecule has 2 rings (SSSR count). The highest BCUT2D eigenvalue weighted by Gasteiger charge is 2.09. The van der Waals surface area contributed by atoms with Crippen LogP contribution >= 0.6 is 22.6 Å². The third kappa shape index (κ3) is 3.30. The lowest BCUT2D eigenvalue weighted by atomic mass is 10.0. The van der Waals surface area contributed by atoms with Crippen molar-refractivity contribution in [2.24, 2.45) is 0 Å². The molecule has 104 valence electrons. The molecule has 0 fully saturated rings. The van der Waals surface area contributed by atoms with Gasteiger partial charge in [-0.25, -0.2) is 4.79 Å². The van der Waals surface area contributed by atoms with E-state index in [9.17, 15) is 4.79 Å². The smallest absolute Gasteiger partial charge is 0.335 e. The van der Waals surface area contributed by atoms with Crippen LogP contribution in [-0.2, 0) is 6.61 Å². The molecule has 0 amide bonds. The Kier molecular flexibility index (Phi) is 4.65. The van der Waals surface area contributed by atoms with Crippen LogP contribution in [0.25, 0.3) is 0 Å². The van der Waals surface area contributed by atoms with Gasteiger partial charge in [-0.3, -0.25) is 0 Å². The summed E-state index contributed by atoms with van der Waals surface area (Å²) < 4.78 is 6.71. The van der Waals surface area contributed by atoms with Gasteiger partial charge in [0.05, 0.1) is 9.13 Å². The number of rotatable bonds is 4. The Morgan fingerprint density at radius 2 is 1.85 bits per heavy atom. The number of carboxylic acids is 1. The summed E-state index contributed by atoms with van der Waals surface area (Å²) in [5.41, 5.74) is 3.73. The van der Waals surface area contributed by atoms with E-state index >= 15 is 0 Å². The van der Waals surface area contributed by atoms with Crippen LogP contribution in [0.3, 0.4) is 0 Å². The minimum Gasteiger partial charge on any atom is -0.488 e. The first-order valence-electron chi connectivity index (χ1n) is 6.20. The first-order chi connectivity index (χ1) is 9.49. The average molecular weight is 382 g/mol. The molecular weight excluding hydrogens is 367 g/mol. The Hall–Kier alpha value is -1.56. The Morgan fingerprint density at radius 1 is 1.20 bits per heavy atom. The van der Waals surface area contributed by atoms with E-state index in [-0.39, 0.29) is 5.56 Å². The van der Waals surface area contributed by atoms with Crippen LogP contribution in [0.5, 0.6) is 5.75 Å². The summed E-state index contributed by atoms with van der Waals surface area (Å²) in [6.07, 6.45) is 0. The summed E-state index contributed by atoms with van der Waals surface area (Å²) in [6, 6.07) is 11.0. The molecule has 0 aliphatic carbocycles. The minimum absolute atomic E-state index is 0.238. The topological polar surface area (TPSA) is 46.5 Å². The van der Waals surface area contributed by atoms with Crippen LogP contribution in [0.2, 0.25) is 0 Å². The number of carboxylic acid groups (broad SMARTS) is 1. The first kappa shape index (κ1) is 14.8. The molecule has 0 radical (unpaired) electrons. The largest absolute Gasteiger partial charge is 0.488 e. The molecule has 0 spiro atoms. The van der Waals surface area contributed by atoms with Crippen molar-refractivity contribution in [3.63, 3.8) is 0 Å². The zero-order valence-electron chi connectivity index (χ0n) is 11.3. The quantitative estimate of drug-likeness (QED) is 0.807. The number of hydrogen-bond acceptors (Lipinski definition) is 2. The number of halogens is 1. The molecule has 0 aromatic heterocycles. The maximum absolute atomic E-state index is 11.0. The van der Waals surface area contributed by atoms with Crippen molar-refractivity contribution in [1.29, 1.82) is 0 Å². The van der Waals surface area contributed by atoms with Crippen LogP contribution in [-0.4, -0.2) is 11.1 Å². The van der Waals surface area contributed by atoms with Gasteiger partial charge in [0.15, 0.2) is 0 Å².